The van der Waals surface area contributed by atoms with E-state index in [0.29, 0.717) is 36.0 Å². The van der Waals surface area contributed by atoms with Crippen LogP contribution in [0.15, 0.2) is 52.1 Å². The third-order valence-corrected chi connectivity index (χ3v) is 7.29. The largest absolute Gasteiger partial charge is 0.466 e. The number of hydrogen-bond donors (Lipinski definition) is 2. The molecule has 1 amide bonds. The molecule has 0 aliphatic carbocycles. The van der Waals surface area contributed by atoms with Gasteiger partial charge in [0.15, 0.2) is 5.13 Å². The zero-order valence-corrected chi connectivity index (χ0v) is 19.1. The second kappa shape index (κ2) is 10.6. The van der Waals surface area contributed by atoms with Gasteiger partial charge < -0.3 is 4.74 Å². The van der Waals surface area contributed by atoms with Crippen molar-refractivity contribution in [1.29, 1.82) is 0 Å². The molecule has 0 saturated carbocycles. The Morgan fingerprint density at radius 1 is 1.13 bits per heavy atom. The lowest BCUT2D eigenvalue weighted by atomic mass is 10.2. The fraction of sp³-hybridized carbons (Fsp3) is 0.250. The predicted octanol–water partition coefficient (Wildman–Crippen LogP) is 3.08. The Balaban J connectivity index is 1.56. The topological polar surface area (TPSA) is 114 Å². The molecular weight excluding hydrogens is 458 g/mol. The molecule has 0 spiro atoms. The van der Waals surface area contributed by atoms with E-state index < -0.39 is 15.9 Å². The van der Waals surface area contributed by atoms with Gasteiger partial charge in [0.1, 0.15) is 0 Å². The van der Waals surface area contributed by atoms with Gasteiger partial charge in [0.2, 0.25) is 10.0 Å². The fourth-order valence-electron chi connectivity index (χ4n) is 2.61. The van der Waals surface area contributed by atoms with Gasteiger partial charge in [-0.25, -0.2) is 18.1 Å². The van der Waals surface area contributed by atoms with Crippen LogP contribution in [0.5, 0.6) is 0 Å². The molecule has 0 saturated heterocycles. The van der Waals surface area contributed by atoms with Gasteiger partial charge in [-0.2, -0.15) is 0 Å². The summed E-state index contributed by atoms with van der Waals surface area (Å²) in [5.41, 5.74) is 0.800. The number of thiophene rings is 1. The molecule has 1 aromatic carbocycles. The summed E-state index contributed by atoms with van der Waals surface area (Å²) in [6.45, 7) is 2.31. The summed E-state index contributed by atoms with van der Waals surface area (Å²) < 4.78 is 32.3. The molecular formula is C20H21N3O5S3. The highest BCUT2D eigenvalue weighted by atomic mass is 32.2. The van der Waals surface area contributed by atoms with E-state index in [0.717, 1.165) is 4.88 Å². The van der Waals surface area contributed by atoms with Gasteiger partial charge in [0.05, 0.1) is 23.6 Å². The molecule has 0 atom stereocenters. The highest BCUT2D eigenvalue weighted by molar-refractivity contribution is 7.89. The Morgan fingerprint density at radius 3 is 2.58 bits per heavy atom. The van der Waals surface area contributed by atoms with Crippen LogP contribution in [0.25, 0.3) is 0 Å². The van der Waals surface area contributed by atoms with Crippen molar-refractivity contribution in [2.24, 2.45) is 0 Å². The smallest absolute Gasteiger partial charge is 0.311 e. The van der Waals surface area contributed by atoms with Crippen molar-refractivity contribution in [3.05, 3.63) is 63.3 Å². The lowest BCUT2D eigenvalue weighted by molar-refractivity contribution is -0.142. The van der Waals surface area contributed by atoms with Crippen molar-refractivity contribution in [1.82, 2.24) is 9.71 Å². The van der Waals surface area contributed by atoms with Gasteiger partial charge in [-0.15, -0.1) is 22.7 Å². The fourth-order valence-corrected chi connectivity index (χ4v) is 5.05. The summed E-state index contributed by atoms with van der Waals surface area (Å²) in [5, 5.41) is 6.60. The van der Waals surface area contributed by atoms with Gasteiger partial charge in [-0.1, -0.05) is 6.07 Å². The van der Waals surface area contributed by atoms with Crippen LogP contribution in [0, 0.1) is 0 Å². The number of anilines is 1. The van der Waals surface area contributed by atoms with E-state index in [1.54, 1.807) is 23.6 Å². The number of nitrogens with zero attached hydrogens (tertiary/aromatic N) is 1. The second-order valence-corrected chi connectivity index (χ2v) is 9.99. The average molecular weight is 480 g/mol. The molecule has 0 aliphatic heterocycles. The minimum atomic E-state index is -3.66. The van der Waals surface area contributed by atoms with Crippen LogP contribution in [-0.4, -0.2) is 38.4 Å². The number of carbonyl (C=O) groups excluding carboxylic acids is 2. The molecule has 2 N–H and O–H groups in total. The van der Waals surface area contributed by atoms with Crippen molar-refractivity contribution in [3.63, 3.8) is 0 Å². The quantitative estimate of drug-likeness (QED) is 0.432. The summed E-state index contributed by atoms with van der Waals surface area (Å²) in [5.74, 6) is -0.807. The van der Waals surface area contributed by atoms with Gasteiger partial charge in [-0.05, 0) is 49.1 Å². The number of ether oxygens (including phenoxy) is 1. The van der Waals surface area contributed by atoms with Gasteiger partial charge in [0.25, 0.3) is 5.91 Å². The molecule has 0 radical (unpaired) electrons. The normalized spacial score (nSPS) is 11.3. The molecule has 0 aliphatic rings. The first-order valence-corrected chi connectivity index (χ1v) is 12.6. The molecule has 2 aromatic heterocycles. The number of hydrogen-bond acceptors (Lipinski definition) is 8. The molecule has 2 heterocycles. The molecule has 164 valence electrons. The van der Waals surface area contributed by atoms with Crippen molar-refractivity contribution >= 4 is 49.7 Å². The summed E-state index contributed by atoms with van der Waals surface area (Å²) >= 11 is 2.77. The van der Waals surface area contributed by atoms with E-state index in [4.69, 9.17) is 4.74 Å². The monoisotopic (exact) mass is 479 g/mol. The highest BCUT2D eigenvalue weighted by Crippen LogP contribution is 2.18. The zero-order valence-electron chi connectivity index (χ0n) is 16.7. The first kappa shape index (κ1) is 23.1. The first-order valence-electron chi connectivity index (χ1n) is 9.41. The number of aromatic nitrogens is 1. The Bertz CT molecular complexity index is 1120. The Morgan fingerprint density at radius 2 is 1.90 bits per heavy atom. The number of thiazole rings is 1. The molecule has 0 unspecified atom stereocenters. The molecule has 0 bridgehead atoms. The van der Waals surface area contributed by atoms with Gasteiger partial charge >= 0.3 is 5.97 Å². The van der Waals surface area contributed by atoms with Crippen molar-refractivity contribution in [3.8, 4) is 0 Å². The van der Waals surface area contributed by atoms with Crippen LogP contribution in [0.2, 0.25) is 0 Å². The molecule has 11 heteroatoms. The molecule has 3 aromatic rings. The molecule has 0 fully saturated rings. The Labute approximate surface area is 188 Å². The SMILES string of the molecule is CCOC(=O)Cc1csc(NC(=O)c2ccc(S(=O)(=O)NCCc3cccs3)cc2)n1. The Hall–Kier alpha value is -2.60. The van der Waals surface area contributed by atoms with Gasteiger partial charge in [-0.3, -0.25) is 14.9 Å². The van der Waals surface area contributed by atoms with Crippen LogP contribution in [0.4, 0.5) is 5.13 Å². The van der Waals surface area contributed by atoms with Gasteiger partial charge in [0, 0.05) is 22.4 Å². The van der Waals surface area contributed by atoms with E-state index >= 15 is 0 Å². The predicted molar refractivity (Wildman–Crippen MR) is 120 cm³/mol. The summed E-state index contributed by atoms with van der Waals surface area (Å²) in [6.07, 6.45) is 0.648. The lowest BCUT2D eigenvalue weighted by Crippen LogP contribution is -2.26. The average Bonchev–Trinajstić information content (AvgIpc) is 3.40. The van der Waals surface area contributed by atoms with E-state index in [2.05, 4.69) is 15.0 Å². The van der Waals surface area contributed by atoms with E-state index in [9.17, 15) is 18.0 Å². The first-order chi connectivity index (χ1) is 14.9. The summed E-state index contributed by atoms with van der Waals surface area (Å²) in [7, 11) is -3.66. The van der Waals surface area contributed by atoms with Crippen molar-refractivity contribution < 1.29 is 22.7 Å². The minimum Gasteiger partial charge on any atom is -0.466 e. The van der Waals surface area contributed by atoms with Crippen LogP contribution in [0.1, 0.15) is 27.9 Å². The molecule has 31 heavy (non-hydrogen) atoms. The van der Waals surface area contributed by atoms with E-state index in [1.165, 1.54) is 35.6 Å². The lowest BCUT2D eigenvalue weighted by Gasteiger charge is -2.07. The third kappa shape index (κ3) is 6.69. The molecule has 8 nitrogen and oxygen atoms in total. The number of amides is 1. The highest BCUT2D eigenvalue weighted by Gasteiger charge is 2.16. The summed E-state index contributed by atoms with van der Waals surface area (Å²) in [6, 6.07) is 9.53. The Kier molecular flexibility index (Phi) is 7.91. The van der Waals surface area contributed by atoms with Crippen LogP contribution < -0.4 is 10.0 Å². The van der Waals surface area contributed by atoms with Crippen LogP contribution in [0.3, 0.4) is 0 Å². The van der Waals surface area contributed by atoms with Crippen LogP contribution >= 0.6 is 22.7 Å². The number of nitrogens with one attached hydrogen (secondary N) is 2. The number of esters is 1. The third-order valence-electron chi connectivity index (χ3n) is 4.07. The second-order valence-electron chi connectivity index (χ2n) is 6.33. The van der Waals surface area contributed by atoms with E-state index in [-0.39, 0.29) is 17.3 Å². The molecule has 3 rings (SSSR count). The maximum absolute atomic E-state index is 12.4. The number of carbonyl (C=O) groups is 2. The maximum atomic E-state index is 12.4. The maximum Gasteiger partial charge on any atom is 0.311 e. The number of sulfonamides is 1. The van der Waals surface area contributed by atoms with Crippen LogP contribution in [-0.2, 0) is 32.4 Å². The summed E-state index contributed by atoms with van der Waals surface area (Å²) in [4.78, 5) is 29.3. The number of rotatable bonds is 10. The van der Waals surface area contributed by atoms with E-state index in [1.807, 2.05) is 17.5 Å². The minimum absolute atomic E-state index is 0.0340. The zero-order chi connectivity index (χ0) is 22.3. The van der Waals surface area contributed by atoms with Crippen molar-refractivity contribution in [2.45, 2.75) is 24.7 Å². The number of benzene rings is 1. The van der Waals surface area contributed by atoms with Crippen molar-refractivity contribution in [2.75, 3.05) is 18.5 Å². The standard InChI is InChI=1S/C20H21N3O5S3/c1-2-28-18(24)12-15-13-30-20(22-15)23-19(25)14-5-7-17(8-6-14)31(26,27)21-10-9-16-4-3-11-29-16/h3-8,11,13,21H,2,9-10,12H2,1H3,(H,22,23,25).